The van der Waals surface area contributed by atoms with Gasteiger partial charge in [-0.05, 0) is 76.3 Å². The molecular formula is C75H102N10O18. The van der Waals surface area contributed by atoms with Crippen molar-refractivity contribution in [2.75, 3.05) is 170 Å². The largest absolute Gasteiger partial charge is 0.480 e. The van der Waals surface area contributed by atoms with Gasteiger partial charge in [0.25, 0.3) is 0 Å². The molecule has 0 bridgehead atoms. The molecule has 0 saturated carbocycles. The lowest BCUT2D eigenvalue weighted by Gasteiger charge is -2.32. The van der Waals surface area contributed by atoms with Gasteiger partial charge in [-0.1, -0.05) is 121 Å². The summed E-state index contributed by atoms with van der Waals surface area (Å²) in [6.45, 7) is 4.81. The molecule has 28 nitrogen and oxygen atoms in total. The van der Waals surface area contributed by atoms with Crippen molar-refractivity contribution < 1.29 is 88.1 Å². The van der Waals surface area contributed by atoms with Crippen molar-refractivity contribution in [2.24, 2.45) is 11.5 Å². The van der Waals surface area contributed by atoms with E-state index in [1.807, 2.05) is 125 Å². The minimum absolute atomic E-state index is 0.00486. The number of benzene rings is 5. The molecule has 28 heteroatoms. The predicted molar refractivity (Wildman–Crippen MR) is 385 cm³/mol. The van der Waals surface area contributed by atoms with Crippen molar-refractivity contribution in [1.82, 2.24) is 39.2 Å². The van der Waals surface area contributed by atoms with Gasteiger partial charge in [-0.25, -0.2) is 0 Å². The molecule has 0 unspecified atom stereocenters. The summed E-state index contributed by atoms with van der Waals surface area (Å²) in [6, 6.07) is 38.0. The number of fused-ring (bicyclic) bond motifs is 1. The van der Waals surface area contributed by atoms with E-state index in [1.165, 1.54) is 0 Å². The Morgan fingerprint density at radius 3 is 0.942 bits per heavy atom. The Labute approximate surface area is 601 Å². The van der Waals surface area contributed by atoms with E-state index in [9.17, 15) is 78.6 Å². The Balaban J connectivity index is 0.000000324. The number of carboxylic acids is 6. The van der Waals surface area contributed by atoms with Crippen molar-refractivity contribution in [1.29, 1.82) is 0 Å². The molecule has 2 fully saturated rings. The second kappa shape index (κ2) is 45.5. The van der Waals surface area contributed by atoms with Crippen molar-refractivity contribution >= 4 is 69.7 Å². The number of nitrogens with zero attached hydrogens (tertiary/aromatic N) is 8. The number of ketones is 4. The Kier molecular flexibility index (Phi) is 36.8. The summed E-state index contributed by atoms with van der Waals surface area (Å²) in [5.41, 5.74) is 18.1. The number of hydrogen-bond acceptors (Lipinski definition) is 22. The first kappa shape index (κ1) is 83.3. The maximum absolute atomic E-state index is 13.1. The Morgan fingerprint density at radius 2 is 0.602 bits per heavy atom. The molecule has 10 N–H and O–H groups in total. The fraction of sp³-hybridized carbons (Fsp3) is 0.493. The molecule has 0 aliphatic carbocycles. The maximum atomic E-state index is 13.1. The average molecular weight is 1430 g/mol. The van der Waals surface area contributed by atoms with E-state index in [0.717, 1.165) is 50.6 Å². The van der Waals surface area contributed by atoms with E-state index in [-0.39, 0.29) is 108 Å². The van der Waals surface area contributed by atoms with Crippen LogP contribution in [0.15, 0.2) is 121 Å². The zero-order valence-corrected chi connectivity index (χ0v) is 58.8. The SMILES string of the molecule is N[C@H](CCc1ccccc1)C(=O)COCc1ccc(CCC(=O)CN2CCN(CC(=O)O)CCN(CC(=O)O)CCN(CC(=O)O)CC2)cc1.N[C@H](Cc1ccc2ccccc2c1)C(=O)COCc1ccc(CCC(=O)CN2CCN(CC(=O)O)CCN(CC(=O)O)CCN(CC(=O)O)CC2)cc1. The number of rotatable bonds is 37. The van der Waals surface area contributed by atoms with E-state index in [1.54, 1.807) is 29.4 Å². The number of aryl methyl sites for hydroxylation is 3. The van der Waals surface area contributed by atoms with Gasteiger partial charge < -0.3 is 51.6 Å². The van der Waals surface area contributed by atoms with Gasteiger partial charge in [-0.15, -0.1) is 0 Å². The third-order valence-corrected chi connectivity index (χ3v) is 18.0. The van der Waals surface area contributed by atoms with Crippen molar-refractivity contribution in [3.8, 4) is 0 Å². The molecule has 2 aliphatic rings. The summed E-state index contributed by atoms with van der Waals surface area (Å²) in [5.74, 6) is -6.32. The van der Waals surface area contributed by atoms with Gasteiger partial charge in [0.1, 0.15) is 24.8 Å². The van der Waals surface area contributed by atoms with Crippen molar-refractivity contribution in [3.63, 3.8) is 0 Å². The number of aliphatic carboxylic acids is 6. The van der Waals surface area contributed by atoms with Crippen LogP contribution in [0.5, 0.6) is 0 Å². The van der Waals surface area contributed by atoms with Gasteiger partial charge in [-0.3, -0.25) is 87.1 Å². The molecule has 2 heterocycles. The molecule has 5 aromatic carbocycles. The molecule has 560 valence electrons. The van der Waals surface area contributed by atoms with Crippen LogP contribution in [0.1, 0.15) is 52.6 Å². The predicted octanol–water partition coefficient (Wildman–Crippen LogP) is 2.18. The Morgan fingerprint density at radius 1 is 0.320 bits per heavy atom. The van der Waals surface area contributed by atoms with Gasteiger partial charge in [0.2, 0.25) is 0 Å². The lowest BCUT2D eigenvalue weighted by atomic mass is 10.0. The number of Topliss-reactive ketones (excluding diaryl/α,β-unsaturated/α-hetero) is 4. The smallest absolute Gasteiger partial charge is 0.317 e. The van der Waals surface area contributed by atoms with Gasteiger partial charge in [0.15, 0.2) is 11.6 Å². The van der Waals surface area contributed by atoms with Gasteiger partial charge in [0, 0.05) is 118 Å². The van der Waals surface area contributed by atoms with E-state index in [4.69, 9.17) is 20.9 Å². The number of hydrogen-bond donors (Lipinski definition) is 8. The summed E-state index contributed by atoms with van der Waals surface area (Å²) in [4.78, 5) is 134. The highest BCUT2D eigenvalue weighted by Gasteiger charge is 2.25. The summed E-state index contributed by atoms with van der Waals surface area (Å²) in [5, 5.41) is 58.6. The van der Waals surface area contributed by atoms with Crippen LogP contribution in [0.4, 0.5) is 0 Å². The first-order chi connectivity index (χ1) is 49.4. The molecular weight excluding hydrogens is 1330 g/mol. The van der Waals surface area contributed by atoms with Crippen LogP contribution < -0.4 is 11.5 Å². The number of carboxylic acid groups (broad SMARTS) is 6. The van der Waals surface area contributed by atoms with Crippen molar-refractivity contribution in [3.05, 3.63) is 155 Å². The molecule has 103 heavy (non-hydrogen) atoms. The quantitative estimate of drug-likeness (QED) is 0.0282. The van der Waals surface area contributed by atoms with Crippen LogP contribution in [-0.4, -0.2) is 311 Å². The molecule has 0 radical (unpaired) electrons. The lowest BCUT2D eigenvalue weighted by molar-refractivity contribution is -0.140. The number of carbonyl (C=O) groups excluding carboxylic acids is 4. The van der Waals surface area contributed by atoms with E-state index in [0.29, 0.717) is 137 Å². The lowest BCUT2D eigenvalue weighted by Crippen LogP contribution is -2.49. The monoisotopic (exact) mass is 1430 g/mol. The highest BCUT2D eigenvalue weighted by Crippen LogP contribution is 2.18. The molecule has 2 aliphatic heterocycles. The van der Waals surface area contributed by atoms with Crippen LogP contribution in [0, 0.1) is 0 Å². The zero-order valence-electron chi connectivity index (χ0n) is 58.8. The Bertz CT molecular complexity index is 3450. The highest BCUT2D eigenvalue weighted by atomic mass is 16.5. The topological polar surface area (TPSA) is 389 Å². The van der Waals surface area contributed by atoms with Crippen LogP contribution in [0.3, 0.4) is 0 Å². The number of nitrogens with two attached hydrogens (primary N) is 2. The second-order valence-electron chi connectivity index (χ2n) is 26.3. The molecule has 2 atom stereocenters. The van der Waals surface area contributed by atoms with Crippen LogP contribution >= 0.6 is 0 Å². The Hall–Kier alpha value is -8.62. The molecule has 0 spiro atoms. The third-order valence-electron chi connectivity index (χ3n) is 18.0. The number of carbonyl (C=O) groups is 10. The minimum atomic E-state index is -1.01. The standard InChI is InChI=1S/C39H51N5O9.C36H51N5O9/c40-35(22-31-9-11-32-3-1-2-4-33(32)21-31)36(46)28-53-27-30-7-5-29(6-8-30)10-12-34(45)23-41-13-15-42(24-37(47)48)17-19-44(26-39(51)52)20-18-43(16-14-41)25-38(49)50;37-32(13-11-28-4-2-1-3-5-28)33(43)27-50-26-30-8-6-29(7-9-30)10-12-31(42)22-38-14-16-39(23-34(44)45)18-20-41(25-36(48)49)21-19-40(17-15-38)24-35(46)47/h1-9,11,21,35H,10,12-20,22-28,40H2,(H,47,48)(H,49,50)(H,51,52);1-9,32H,10-27,37H2,(H,44,45)(H,46,47)(H,48,49)/t35-;32-/m11/s1. The fourth-order valence-electron chi connectivity index (χ4n) is 12.0. The summed E-state index contributed by atoms with van der Waals surface area (Å²) >= 11 is 0. The molecule has 0 amide bonds. The normalized spacial score (nSPS) is 16.5. The maximum Gasteiger partial charge on any atom is 0.317 e. The number of ether oxygens (including phenoxy) is 2. The van der Waals surface area contributed by atoms with E-state index in [2.05, 4.69) is 6.07 Å². The first-order valence-corrected chi connectivity index (χ1v) is 34.9. The third kappa shape index (κ3) is 34.5. The fourth-order valence-corrected chi connectivity index (χ4v) is 12.0. The summed E-state index contributed by atoms with van der Waals surface area (Å²) in [7, 11) is 0. The van der Waals surface area contributed by atoms with Crippen LogP contribution in [-0.2, 0) is 96.3 Å². The molecule has 2 saturated heterocycles. The first-order valence-electron chi connectivity index (χ1n) is 34.9. The highest BCUT2D eigenvalue weighted by molar-refractivity contribution is 5.87. The van der Waals surface area contributed by atoms with Crippen LogP contribution in [0.2, 0.25) is 0 Å². The van der Waals surface area contributed by atoms with Gasteiger partial charge in [-0.2, -0.15) is 0 Å². The minimum Gasteiger partial charge on any atom is -0.480 e. The van der Waals surface area contributed by atoms with E-state index < -0.39 is 47.9 Å². The molecule has 0 aromatic heterocycles. The van der Waals surface area contributed by atoms with Gasteiger partial charge >= 0.3 is 35.8 Å². The molecule has 7 rings (SSSR count). The average Bonchev–Trinajstić information content (AvgIpc) is 0.844. The summed E-state index contributed by atoms with van der Waals surface area (Å²) in [6.07, 6.45) is 3.34. The second-order valence-corrected chi connectivity index (χ2v) is 26.3. The molecule has 5 aromatic rings. The zero-order chi connectivity index (χ0) is 74.5. The van der Waals surface area contributed by atoms with Crippen LogP contribution in [0.25, 0.3) is 10.8 Å². The van der Waals surface area contributed by atoms with Crippen molar-refractivity contribution in [2.45, 2.75) is 70.2 Å². The van der Waals surface area contributed by atoms with E-state index >= 15 is 0 Å². The summed E-state index contributed by atoms with van der Waals surface area (Å²) < 4.78 is 11.3. The van der Waals surface area contributed by atoms with Gasteiger partial charge in [0.05, 0.1) is 77.7 Å².